The molecule has 0 fully saturated rings. The zero-order valence-corrected chi connectivity index (χ0v) is 20.4. The molecule has 0 aromatic heterocycles. The Morgan fingerprint density at radius 3 is 1.18 bits per heavy atom. The fraction of sp³-hybridized carbons (Fsp3) is 0. The van der Waals surface area contributed by atoms with Gasteiger partial charge in [-0.3, -0.25) is 9.59 Å². The molecule has 33 heavy (non-hydrogen) atoms. The van der Waals surface area contributed by atoms with Crippen LogP contribution in [0.3, 0.4) is 0 Å². The summed E-state index contributed by atoms with van der Waals surface area (Å²) in [7, 11) is 0. The van der Waals surface area contributed by atoms with Crippen molar-refractivity contribution in [3.63, 3.8) is 0 Å². The second-order valence-corrected chi connectivity index (χ2v) is 8.90. The van der Waals surface area contributed by atoms with Crippen molar-refractivity contribution in [2.24, 2.45) is 0 Å². The van der Waals surface area contributed by atoms with Crippen LogP contribution >= 0.6 is 31.9 Å². The molecule has 4 aromatic carbocycles. The molecule has 164 valence electrons. The van der Waals surface area contributed by atoms with E-state index in [2.05, 4.69) is 42.5 Å². The number of hydrogen-bond donors (Lipinski definition) is 2. The molecule has 0 aliphatic carbocycles. The van der Waals surface area contributed by atoms with Crippen LogP contribution in [0.2, 0.25) is 0 Å². The second kappa shape index (κ2) is 10.5. The van der Waals surface area contributed by atoms with Crippen LogP contribution in [-0.2, 0) is 0 Å². The SMILES string of the molecule is O=C(Nc1ccc(Br)cc1)c1ccc(Oc2ccc(C(=O)Nc3ccc(Br)cc3)cc2)cc1. The first-order chi connectivity index (χ1) is 16.0. The third-order valence-corrected chi connectivity index (χ3v) is 5.73. The van der Waals surface area contributed by atoms with E-state index in [0.717, 1.165) is 8.95 Å². The van der Waals surface area contributed by atoms with Gasteiger partial charge >= 0.3 is 0 Å². The Labute approximate surface area is 208 Å². The highest BCUT2D eigenvalue weighted by Crippen LogP contribution is 2.23. The molecule has 5 nitrogen and oxygen atoms in total. The van der Waals surface area contributed by atoms with Crippen molar-refractivity contribution in [1.82, 2.24) is 0 Å². The molecule has 0 saturated heterocycles. The molecular weight excluding hydrogens is 548 g/mol. The molecule has 4 rings (SSSR count). The highest BCUT2D eigenvalue weighted by molar-refractivity contribution is 9.10. The Morgan fingerprint density at radius 1 is 0.515 bits per heavy atom. The summed E-state index contributed by atoms with van der Waals surface area (Å²) in [4.78, 5) is 24.8. The molecule has 2 N–H and O–H groups in total. The Bertz CT molecular complexity index is 1150. The zero-order chi connectivity index (χ0) is 23.2. The number of carbonyl (C=O) groups is 2. The highest BCUT2D eigenvalue weighted by Gasteiger charge is 2.09. The number of anilines is 2. The third kappa shape index (κ3) is 6.31. The van der Waals surface area contributed by atoms with Crippen LogP contribution in [0.5, 0.6) is 11.5 Å². The fourth-order valence-electron chi connectivity index (χ4n) is 2.96. The van der Waals surface area contributed by atoms with Crippen molar-refractivity contribution in [3.05, 3.63) is 117 Å². The van der Waals surface area contributed by atoms with Gasteiger partial charge < -0.3 is 15.4 Å². The monoisotopic (exact) mass is 564 g/mol. The minimum absolute atomic E-state index is 0.204. The van der Waals surface area contributed by atoms with Crippen LogP contribution in [0.15, 0.2) is 106 Å². The minimum Gasteiger partial charge on any atom is -0.457 e. The van der Waals surface area contributed by atoms with E-state index in [1.54, 1.807) is 48.5 Å². The average molecular weight is 566 g/mol. The molecule has 0 atom stereocenters. The van der Waals surface area contributed by atoms with Crippen molar-refractivity contribution >= 4 is 55.0 Å². The van der Waals surface area contributed by atoms with E-state index in [9.17, 15) is 9.59 Å². The summed E-state index contributed by atoms with van der Waals surface area (Å²) in [6.45, 7) is 0. The van der Waals surface area contributed by atoms with Crippen LogP contribution in [0.25, 0.3) is 0 Å². The summed E-state index contributed by atoms with van der Waals surface area (Å²) in [5.41, 5.74) is 2.47. The van der Waals surface area contributed by atoms with Gasteiger partial charge in [0.2, 0.25) is 0 Å². The fourth-order valence-corrected chi connectivity index (χ4v) is 3.49. The Morgan fingerprint density at radius 2 is 0.848 bits per heavy atom. The van der Waals surface area contributed by atoms with Gasteiger partial charge in [-0.2, -0.15) is 0 Å². The molecule has 0 aliphatic heterocycles. The molecule has 0 spiro atoms. The number of halogens is 2. The van der Waals surface area contributed by atoms with E-state index in [0.29, 0.717) is 34.0 Å². The van der Waals surface area contributed by atoms with E-state index in [-0.39, 0.29) is 11.8 Å². The average Bonchev–Trinajstić information content (AvgIpc) is 2.83. The summed E-state index contributed by atoms with van der Waals surface area (Å²) in [6, 6.07) is 28.4. The summed E-state index contributed by atoms with van der Waals surface area (Å²) in [6.07, 6.45) is 0. The maximum absolute atomic E-state index is 12.4. The number of hydrogen-bond acceptors (Lipinski definition) is 3. The zero-order valence-electron chi connectivity index (χ0n) is 17.2. The lowest BCUT2D eigenvalue weighted by molar-refractivity contribution is 0.101. The van der Waals surface area contributed by atoms with Gasteiger partial charge in [-0.25, -0.2) is 0 Å². The number of carbonyl (C=O) groups excluding carboxylic acids is 2. The van der Waals surface area contributed by atoms with Crippen molar-refractivity contribution in [2.45, 2.75) is 0 Å². The van der Waals surface area contributed by atoms with Crippen molar-refractivity contribution in [2.75, 3.05) is 10.6 Å². The summed E-state index contributed by atoms with van der Waals surface area (Å²) >= 11 is 6.74. The van der Waals surface area contributed by atoms with E-state index >= 15 is 0 Å². The van der Waals surface area contributed by atoms with Gasteiger partial charge in [-0.05, 0) is 97.1 Å². The van der Waals surface area contributed by atoms with E-state index in [1.165, 1.54) is 0 Å². The quantitative estimate of drug-likeness (QED) is 0.254. The second-order valence-electron chi connectivity index (χ2n) is 7.07. The van der Waals surface area contributed by atoms with Crippen LogP contribution in [0.4, 0.5) is 11.4 Å². The molecule has 2 amide bonds. The number of ether oxygens (including phenoxy) is 1. The number of amides is 2. The topological polar surface area (TPSA) is 67.4 Å². The lowest BCUT2D eigenvalue weighted by Gasteiger charge is -2.09. The van der Waals surface area contributed by atoms with Gasteiger partial charge in [0.05, 0.1) is 0 Å². The minimum atomic E-state index is -0.204. The number of benzene rings is 4. The van der Waals surface area contributed by atoms with E-state index < -0.39 is 0 Å². The summed E-state index contributed by atoms with van der Waals surface area (Å²) in [5, 5.41) is 5.70. The van der Waals surface area contributed by atoms with Gasteiger partial charge in [0, 0.05) is 31.4 Å². The normalized spacial score (nSPS) is 10.4. The highest BCUT2D eigenvalue weighted by atomic mass is 79.9. The van der Waals surface area contributed by atoms with Gasteiger partial charge in [0.1, 0.15) is 11.5 Å². The molecular formula is C26H18Br2N2O3. The first kappa shape index (κ1) is 22.8. The molecule has 0 unspecified atom stereocenters. The van der Waals surface area contributed by atoms with Gasteiger partial charge in [0.25, 0.3) is 11.8 Å². The van der Waals surface area contributed by atoms with Gasteiger partial charge in [-0.15, -0.1) is 0 Å². The first-order valence-corrected chi connectivity index (χ1v) is 11.6. The Hall–Kier alpha value is -3.42. The lowest BCUT2D eigenvalue weighted by Crippen LogP contribution is -2.11. The predicted octanol–water partition coefficient (Wildman–Crippen LogP) is 7.51. The largest absolute Gasteiger partial charge is 0.457 e. The van der Waals surface area contributed by atoms with Crippen LogP contribution in [0.1, 0.15) is 20.7 Å². The van der Waals surface area contributed by atoms with Crippen LogP contribution in [-0.4, -0.2) is 11.8 Å². The van der Waals surface area contributed by atoms with Gasteiger partial charge in [0.15, 0.2) is 0 Å². The molecule has 0 heterocycles. The maximum atomic E-state index is 12.4. The predicted molar refractivity (Wildman–Crippen MR) is 137 cm³/mol. The first-order valence-electron chi connectivity index (χ1n) is 9.98. The van der Waals surface area contributed by atoms with E-state index in [1.807, 2.05) is 48.5 Å². The Balaban J connectivity index is 1.34. The number of rotatable bonds is 6. The van der Waals surface area contributed by atoms with Crippen LogP contribution in [0, 0.1) is 0 Å². The van der Waals surface area contributed by atoms with E-state index in [4.69, 9.17) is 4.74 Å². The van der Waals surface area contributed by atoms with Gasteiger partial charge in [-0.1, -0.05) is 31.9 Å². The van der Waals surface area contributed by atoms with Crippen molar-refractivity contribution in [3.8, 4) is 11.5 Å². The smallest absolute Gasteiger partial charge is 0.255 e. The molecule has 4 aromatic rings. The molecule has 0 radical (unpaired) electrons. The molecule has 7 heteroatoms. The summed E-state index contributed by atoms with van der Waals surface area (Å²) < 4.78 is 7.73. The van der Waals surface area contributed by atoms with Crippen LogP contribution < -0.4 is 15.4 Å². The summed E-state index contributed by atoms with van der Waals surface area (Å²) in [5.74, 6) is 0.763. The Kier molecular flexibility index (Phi) is 7.22. The maximum Gasteiger partial charge on any atom is 0.255 e. The molecule has 0 bridgehead atoms. The molecule has 0 aliphatic rings. The lowest BCUT2D eigenvalue weighted by atomic mass is 10.2. The third-order valence-electron chi connectivity index (χ3n) is 4.67. The van der Waals surface area contributed by atoms with Crippen molar-refractivity contribution < 1.29 is 14.3 Å². The standard InChI is InChI=1S/C26H18Br2N2O3/c27-19-5-9-21(10-6-19)29-25(31)17-1-13-23(14-2-17)33-24-15-3-18(4-16-24)26(32)30-22-11-7-20(28)8-12-22/h1-16H,(H,29,31)(H,30,32). The molecule has 0 saturated carbocycles. The number of nitrogens with one attached hydrogen (secondary N) is 2. The van der Waals surface area contributed by atoms with Crippen molar-refractivity contribution in [1.29, 1.82) is 0 Å².